The quantitative estimate of drug-likeness (QED) is 0.561. The lowest BCUT2D eigenvalue weighted by Gasteiger charge is -2.40. The Labute approximate surface area is 144 Å². The topological polar surface area (TPSA) is 100 Å². The number of nitrogens with zero attached hydrogens (tertiary/aromatic N) is 2. The van der Waals surface area contributed by atoms with Crippen molar-refractivity contribution in [2.75, 3.05) is 32.9 Å². The Kier molecular flexibility index (Phi) is 6.13. The van der Waals surface area contributed by atoms with Crippen molar-refractivity contribution < 1.29 is 17.9 Å². The molecule has 1 fully saturated rings. The molecule has 0 aromatic rings. The predicted octanol–water partition coefficient (Wildman–Crippen LogP) is 0.594. The monoisotopic (exact) mass is 362 g/mol. The van der Waals surface area contributed by atoms with E-state index in [9.17, 15) is 13.2 Å². The van der Waals surface area contributed by atoms with E-state index in [0.29, 0.717) is 19.0 Å². The molecule has 0 spiro atoms. The van der Waals surface area contributed by atoms with Gasteiger partial charge in [0.1, 0.15) is 5.60 Å². The zero-order valence-electron chi connectivity index (χ0n) is 15.6. The van der Waals surface area contributed by atoms with E-state index in [0.717, 1.165) is 0 Å². The van der Waals surface area contributed by atoms with Crippen LogP contribution in [0.25, 0.3) is 0 Å². The maximum Gasteiger partial charge on any atom is 0.410 e. The van der Waals surface area contributed by atoms with Crippen molar-refractivity contribution in [1.29, 1.82) is 0 Å². The summed E-state index contributed by atoms with van der Waals surface area (Å²) in [6, 6.07) is 0.0602. The van der Waals surface area contributed by atoms with Crippen LogP contribution < -0.4 is 10.6 Å². The zero-order chi connectivity index (χ0) is 18.8. The van der Waals surface area contributed by atoms with Crippen LogP contribution in [0, 0.1) is 0 Å². The lowest BCUT2D eigenvalue weighted by molar-refractivity contribution is 0.00701. The number of aliphatic imine (C=N–C) groups is 1. The first-order chi connectivity index (χ1) is 10.7. The molecule has 0 radical (unpaired) electrons. The maximum atomic E-state index is 11.9. The van der Waals surface area contributed by atoms with Crippen LogP contribution in [-0.2, 0) is 14.6 Å². The predicted molar refractivity (Wildman–Crippen MR) is 95.0 cm³/mol. The van der Waals surface area contributed by atoms with Crippen molar-refractivity contribution in [3.8, 4) is 0 Å². The minimum Gasteiger partial charge on any atom is -0.444 e. The van der Waals surface area contributed by atoms with E-state index in [4.69, 9.17) is 4.74 Å². The van der Waals surface area contributed by atoms with Gasteiger partial charge in [-0.2, -0.15) is 0 Å². The average molecular weight is 362 g/mol. The van der Waals surface area contributed by atoms with Gasteiger partial charge in [-0.15, -0.1) is 0 Å². The molecule has 0 unspecified atom stereocenters. The number of sulfone groups is 1. The van der Waals surface area contributed by atoms with Gasteiger partial charge in [0.2, 0.25) is 0 Å². The fourth-order valence-electron chi connectivity index (χ4n) is 1.86. The van der Waals surface area contributed by atoms with E-state index >= 15 is 0 Å². The van der Waals surface area contributed by atoms with Gasteiger partial charge in [-0.05, 0) is 34.6 Å². The van der Waals surface area contributed by atoms with Crippen LogP contribution in [-0.4, -0.2) is 74.7 Å². The van der Waals surface area contributed by atoms with Crippen molar-refractivity contribution in [3.05, 3.63) is 0 Å². The van der Waals surface area contributed by atoms with Crippen LogP contribution in [0.3, 0.4) is 0 Å². The Bertz CT molecular complexity index is 587. The van der Waals surface area contributed by atoms with Gasteiger partial charge in [0.05, 0.1) is 10.8 Å². The van der Waals surface area contributed by atoms with Gasteiger partial charge in [-0.1, -0.05) is 0 Å². The SMILES string of the molecule is CN=C(NCC(C)(C)S(C)(=O)=O)NC1CN(C(=O)OC(C)(C)C)C1. The summed E-state index contributed by atoms with van der Waals surface area (Å²) in [4.78, 5) is 17.6. The van der Waals surface area contributed by atoms with Crippen molar-refractivity contribution >= 4 is 21.9 Å². The highest BCUT2D eigenvalue weighted by Crippen LogP contribution is 2.16. The Morgan fingerprint density at radius 1 is 1.25 bits per heavy atom. The summed E-state index contributed by atoms with van der Waals surface area (Å²) in [6.07, 6.45) is 0.886. The molecule has 1 aliphatic heterocycles. The summed E-state index contributed by atoms with van der Waals surface area (Å²) in [5.41, 5.74) is -0.510. The number of ether oxygens (including phenoxy) is 1. The molecular formula is C15H30N4O4S. The summed E-state index contributed by atoms with van der Waals surface area (Å²) >= 11 is 0. The van der Waals surface area contributed by atoms with Gasteiger partial charge in [0.15, 0.2) is 15.8 Å². The van der Waals surface area contributed by atoms with E-state index in [1.54, 1.807) is 25.8 Å². The Balaban J connectivity index is 2.44. The van der Waals surface area contributed by atoms with Gasteiger partial charge in [0, 0.05) is 32.9 Å². The molecule has 0 saturated carbocycles. The van der Waals surface area contributed by atoms with Crippen LogP contribution in [0.1, 0.15) is 34.6 Å². The number of guanidine groups is 1. The molecule has 1 heterocycles. The van der Waals surface area contributed by atoms with Crippen LogP contribution in [0.5, 0.6) is 0 Å². The molecule has 1 aliphatic rings. The molecule has 24 heavy (non-hydrogen) atoms. The van der Waals surface area contributed by atoms with E-state index < -0.39 is 20.2 Å². The number of hydrogen-bond acceptors (Lipinski definition) is 5. The van der Waals surface area contributed by atoms with E-state index in [-0.39, 0.29) is 18.7 Å². The fraction of sp³-hybridized carbons (Fsp3) is 0.867. The number of carbonyl (C=O) groups is 1. The molecule has 140 valence electrons. The Hall–Kier alpha value is -1.51. The van der Waals surface area contributed by atoms with E-state index in [2.05, 4.69) is 15.6 Å². The zero-order valence-corrected chi connectivity index (χ0v) is 16.5. The first-order valence-electron chi connectivity index (χ1n) is 7.90. The molecule has 2 N–H and O–H groups in total. The Morgan fingerprint density at radius 3 is 2.21 bits per heavy atom. The second kappa shape index (κ2) is 7.16. The molecular weight excluding hydrogens is 332 g/mol. The summed E-state index contributed by atoms with van der Waals surface area (Å²) in [7, 11) is -1.56. The highest BCUT2D eigenvalue weighted by Gasteiger charge is 2.35. The number of hydrogen-bond donors (Lipinski definition) is 2. The number of amides is 1. The molecule has 0 aromatic heterocycles. The highest BCUT2D eigenvalue weighted by molar-refractivity contribution is 7.92. The maximum absolute atomic E-state index is 11.9. The summed E-state index contributed by atoms with van der Waals surface area (Å²) in [5.74, 6) is 0.514. The van der Waals surface area contributed by atoms with E-state index in [1.807, 2.05) is 20.8 Å². The minimum absolute atomic E-state index is 0.0602. The smallest absolute Gasteiger partial charge is 0.410 e. The normalized spacial score (nSPS) is 17.3. The van der Waals surface area contributed by atoms with Crippen LogP contribution in [0.2, 0.25) is 0 Å². The average Bonchev–Trinajstić information content (AvgIpc) is 2.32. The Morgan fingerprint density at radius 2 is 1.79 bits per heavy atom. The van der Waals surface area contributed by atoms with Gasteiger partial charge < -0.3 is 20.3 Å². The largest absolute Gasteiger partial charge is 0.444 e. The lowest BCUT2D eigenvalue weighted by atomic mass is 10.1. The molecule has 0 aliphatic carbocycles. The molecule has 8 nitrogen and oxygen atoms in total. The number of nitrogens with one attached hydrogen (secondary N) is 2. The molecule has 1 rings (SSSR count). The third-order valence-corrected chi connectivity index (χ3v) is 5.93. The summed E-state index contributed by atoms with van der Waals surface area (Å²) in [5, 5.41) is 6.19. The minimum atomic E-state index is -3.18. The molecule has 0 atom stereocenters. The number of carbonyl (C=O) groups excluding carboxylic acids is 1. The van der Waals surface area contributed by atoms with Crippen LogP contribution in [0.15, 0.2) is 4.99 Å². The third kappa shape index (κ3) is 5.85. The van der Waals surface area contributed by atoms with Gasteiger partial charge in [-0.25, -0.2) is 13.2 Å². The van der Waals surface area contributed by atoms with E-state index in [1.165, 1.54) is 6.26 Å². The highest BCUT2D eigenvalue weighted by atomic mass is 32.2. The molecule has 1 saturated heterocycles. The second-order valence-electron chi connectivity index (χ2n) is 7.68. The van der Waals surface area contributed by atoms with Crippen molar-refractivity contribution in [2.24, 2.45) is 4.99 Å². The van der Waals surface area contributed by atoms with Gasteiger partial charge in [-0.3, -0.25) is 4.99 Å². The number of likely N-dealkylation sites (tertiary alicyclic amines) is 1. The molecule has 9 heteroatoms. The first kappa shape index (κ1) is 20.5. The third-order valence-electron chi connectivity index (χ3n) is 3.78. The standard InChI is InChI=1S/C15H30N4O4S/c1-14(2,3)23-13(20)19-8-11(9-19)18-12(16-6)17-10-15(4,5)24(7,21)22/h11H,8-10H2,1-7H3,(H2,16,17,18). The number of rotatable bonds is 4. The lowest BCUT2D eigenvalue weighted by Crippen LogP contribution is -2.63. The molecule has 0 bridgehead atoms. The van der Waals surface area contributed by atoms with Crippen LogP contribution in [0.4, 0.5) is 4.79 Å². The van der Waals surface area contributed by atoms with Gasteiger partial charge >= 0.3 is 6.09 Å². The van der Waals surface area contributed by atoms with Crippen LogP contribution >= 0.6 is 0 Å². The fourth-order valence-corrected chi connectivity index (χ4v) is 2.20. The molecule has 1 amide bonds. The summed E-state index contributed by atoms with van der Waals surface area (Å²) < 4.78 is 27.8. The molecule has 0 aromatic carbocycles. The van der Waals surface area contributed by atoms with Crippen molar-refractivity contribution in [3.63, 3.8) is 0 Å². The van der Waals surface area contributed by atoms with Crippen molar-refractivity contribution in [2.45, 2.75) is 51.0 Å². The van der Waals surface area contributed by atoms with Gasteiger partial charge in [0.25, 0.3) is 0 Å². The van der Waals surface area contributed by atoms with Crippen molar-refractivity contribution in [1.82, 2.24) is 15.5 Å². The first-order valence-corrected chi connectivity index (χ1v) is 9.79. The summed E-state index contributed by atoms with van der Waals surface area (Å²) in [6.45, 7) is 10.1. The second-order valence-corrected chi connectivity index (χ2v) is 10.3.